The molecule has 3 nitrogen and oxygen atoms in total. The van der Waals surface area contributed by atoms with E-state index < -0.39 is 0 Å². The Balaban J connectivity index is 1.47. The molecule has 0 aromatic heterocycles. The van der Waals surface area contributed by atoms with E-state index in [0.29, 0.717) is 0 Å². The molecule has 0 amide bonds. The Labute approximate surface area is 159 Å². The van der Waals surface area contributed by atoms with Crippen molar-refractivity contribution in [3.05, 3.63) is 58.1 Å². The number of likely N-dealkylation sites (tertiary alicyclic amines) is 1. The minimum absolute atomic E-state index is 0.757. The van der Waals surface area contributed by atoms with Crippen LogP contribution in [-0.2, 0) is 12.8 Å². The molecular formula is C21H27BrN2O. The Morgan fingerprint density at radius 2 is 1.96 bits per heavy atom. The summed E-state index contributed by atoms with van der Waals surface area (Å²) in [6.07, 6.45) is 4.74. The van der Waals surface area contributed by atoms with E-state index in [4.69, 9.17) is 10.5 Å². The van der Waals surface area contributed by atoms with Crippen molar-refractivity contribution in [3.8, 4) is 5.75 Å². The highest BCUT2D eigenvalue weighted by Gasteiger charge is 2.20. The molecule has 0 saturated carbocycles. The molecule has 0 bridgehead atoms. The molecule has 1 aliphatic rings. The Morgan fingerprint density at radius 1 is 1.16 bits per heavy atom. The largest absolute Gasteiger partial charge is 0.497 e. The third-order valence-corrected chi connectivity index (χ3v) is 5.91. The van der Waals surface area contributed by atoms with Gasteiger partial charge < -0.3 is 15.4 Å². The lowest BCUT2D eigenvalue weighted by molar-refractivity contribution is 0.186. The molecule has 2 aromatic rings. The molecular weight excluding hydrogens is 376 g/mol. The third-order valence-electron chi connectivity index (χ3n) is 5.14. The van der Waals surface area contributed by atoms with Crippen molar-refractivity contribution in [2.24, 2.45) is 5.92 Å². The highest BCUT2D eigenvalue weighted by molar-refractivity contribution is 9.10. The molecule has 1 fully saturated rings. The number of piperidine rings is 1. The predicted octanol–water partition coefficient (Wildman–Crippen LogP) is 4.54. The summed E-state index contributed by atoms with van der Waals surface area (Å²) in [6.45, 7) is 3.50. The maximum Gasteiger partial charge on any atom is 0.119 e. The molecule has 1 saturated heterocycles. The molecule has 25 heavy (non-hydrogen) atoms. The van der Waals surface area contributed by atoms with Crippen LogP contribution in [0.15, 0.2) is 46.9 Å². The van der Waals surface area contributed by atoms with Crippen molar-refractivity contribution in [2.75, 3.05) is 32.5 Å². The molecule has 2 aromatic carbocycles. The number of nitrogen functional groups attached to an aromatic ring is 1. The summed E-state index contributed by atoms with van der Waals surface area (Å²) in [5.41, 5.74) is 9.42. The van der Waals surface area contributed by atoms with Gasteiger partial charge in [0.05, 0.1) is 7.11 Å². The van der Waals surface area contributed by atoms with Crippen molar-refractivity contribution >= 4 is 21.6 Å². The second-order valence-electron chi connectivity index (χ2n) is 6.94. The number of hydrogen-bond donors (Lipinski definition) is 1. The normalized spacial score (nSPS) is 16.1. The van der Waals surface area contributed by atoms with Crippen LogP contribution in [-0.4, -0.2) is 31.6 Å². The molecule has 3 rings (SSSR count). The molecule has 1 heterocycles. The van der Waals surface area contributed by atoms with Crippen molar-refractivity contribution in [1.29, 1.82) is 0 Å². The number of nitrogens with zero attached hydrogens (tertiary/aromatic N) is 1. The lowest BCUT2D eigenvalue weighted by Gasteiger charge is -2.32. The van der Waals surface area contributed by atoms with E-state index in [2.05, 4.69) is 45.1 Å². The first-order valence-electron chi connectivity index (χ1n) is 9.03. The number of nitrogens with two attached hydrogens (primary N) is 1. The monoisotopic (exact) mass is 402 g/mol. The number of halogens is 1. The van der Waals surface area contributed by atoms with E-state index in [1.807, 2.05) is 18.2 Å². The zero-order chi connectivity index (χ0) is 17.6. The molecule has 0 unspecified atom stereocenters. The Morgan fingerprint density at radius 3 is 2.68 bits per heavy atom. The average molecular weight is 403 g/mol. The van der Waals surface area contributed by atoms with Crippen molar-refractivity contribution in [2.45, 2.75) is 25.7 Å². The average Bonchev–Trinajstić information content (AvgIpc) is 2.63. The second-order valence-corrected chi connectivity index (χ2v) is 7.80. The van der Waals surface area contributed by atoms with Crippen LogP contribution < -0.4 is 10.5 Å². The zero-order valence-electron chi connectivity index (χ0n) is 14.9. The van der Waals surface area contributed by atoms with E-state index in [-0.39, 0.29) is 0 Å². The van der Waals surface area contributed by atoms with Crippen LogP contribution in [0.4, 0.5) is 5.69 Å². The molecule has 1 aliphatic heterocycles. The first-order valence-corrected chi connectivity index (χ1v) is 9.82. The minimum Gasteiger partial charge on any atom is -0.497 e. The first-order chi connectivity index (χ1) is 12.1. The maximum atomic E-state index is 5.87. The Bertz CT molecular complexity index is 696. The zero-order valence-corrected chi connectivity index (χ0v) is 16.5. The smallest absolute Gasteiger partial charge is 0.119 e. The summed E-state index contributed by atoms with van der Waals surface area (Å²) in [4.78, 5) is 2.58. The van der Waals surface area contributed by atoms with Gasteiger partial charge in [-0.05, 0) is 86.1 Å². The van der Waals surface area contributed by atoms with Crippen LogP contribution in [0.5, 0.6) is 5.75 Å². The molecule has 0 radical (unpaired) electrons. The standard InChI is InChI=1S/C21H27BrN2O/c1-25-20-5-6-21(22)18(15-20)13-17-8-11-24(12-9-17)10-7-16-3-2-4-19(23)14-16/h2-6,14-15,17H,7-13,23H2,1H3. The van der Waals surface area contributed by atoms with Gasteiger partial charge in [0.2, 0.25) is 0 Å². The van der Waals surface area contributed by atoms with Crippen LogP contribution in [0.1, 0.15) is 24.0 Å². The van der Waals surface area contributed by atoms with Gasteiger partial charge in [0.25, 0.3) is 0 Å². The summed E-state index contributed by atoms with van der Waals surface area (Å²) in [6, 6.07) is 14.5. The van der Waals surface area contributed by atoms with Gasteiger partial charge in [-0.15, -0.1) is 0 Å². The highest BCUT2D eigenvalue weighted by atomic mass is 79.9. The van der Waals surface area contributed by atoms with Crippen molar-refractivity contribution in [1.82, 2.24) is 4.90 Å². The maximum absolute atomic E-state index is 5.87. The summed E-state index contributed by atoms with van der Waals surface area (Å²) >= 11 is 3.68. The van der Waals surface area contributed by atoms with Gasteiger partial charge in [-0.2, -0.15) is 0 Å². The Kier molecular flexibility index (Phi) is 6.38. The molecule has 0 aliphatic carbocycles. The van der Waals surface area contributed by atoms with E-state index in [9.17, 15) is 0 Å². The van der Waals surface area contributed by atoms with Gasteiger partial charge in [-0.1, -0.05) is 28.1 Å². The summed E-state index contributed by atoms with van der Waals surface area (Å²) in [5.74, 6) is 1.70. The van der Waals surface area contributed by atoms with E-state index in [1.54, 1.807) is 7.11 Å². The lowest BCUT2D eigenvalue weighted by Crippen LogP contribution is -2.35. The van der Waals surface area contributed by atoms with Gasteiger partial charge in [-0.25, -0.2) is 0 Å². The van der Waals surface area contributed by atoms with E-state index >= 15 is 0 Å². The van der Waals surface area contributed by atoms with Crippen LogP contribution in [0.3, 0.4) is 0 Å². The number of anilines is 1. The van der Waals surface area contributed by atoms with Gasteiger partial charge in [-0.3, -0.25) is 0 Å². The summed E-state index contributed by atoms with van der Waals surface area (Å²) in [5, 5.41) is 0. The van der Waals surface area contributed by atoms with Gasteiger partial charge in [0.15, 0.2) is 0 Å². The second kappa shape index (κ2) is 8.72. The number of hydrogen-bond acceptors (Lipinski definition) is 3. The molecule has 0 atom stereocenters. The van der Waals surface area contributed by atoms with Crippen LogP contribution in [0.2, 0.25) is 0 Å². The van der Waals surface area contributed by atoms with Gasteiger partial charge >= 0.3 is 0 Å². The van der Waals surface area contributed by atoms with Gasteiger partial charge in [0, 0.05) is 16.7 Å². The SMILES string of the molecule is COc1ccc(Br)c(CC2CCN(CCc3cccc(N)c3)CC2)c1. The fraction of sp³-hybridized carbons (Fsp3) is 0.429. The number of methoxy groups -OCH3 is 1. The number of ether oxygens (including phenoxy) is 1. The van der Waals surface area contributed by atoms with Crippen molar-refractivity contribution < 1.29 is 4.74 Å². The summed E-state index contributed by atoms with van der Waals surface area (Å²) < 4.78 is 6.55. The predicted molar refractivity (Wildman–Crippen MR) is 108 cm³/mol. The van der Waals surface area contributed by atoms with Crippen LogP contribution in [0.25, 0.3) is 0 Å². The third kappa shape index (κ3) is 5.23. The molecule has 2 N–H and O–H groups in total. The fourth-order valence-corrected chi connectivity index (χ4v) is 4.00. The van der Waals surface area contributed by atoms with Gasteiger partial charge in [0.1, 0.15) is 5.75 Å². The quantitative estimate of drug-likeness (QED) is 0.720. The first kappa shape index (κ1) is 18.3. The van der Waals surface area contributed by atoms with Crippen molar-refractivity contribution in [3.63, 3.8) is 0 Å². The fourth-order valence-electron chi connectivity index (χ4n) is 3.60. The lowest BCUT2D eigenvalue weighted by atomic mass is 9.90. The highest BCUT2D eigenvalue weighted by Crippen LogP contribution is 2.28. The topological polar surface area (TPSA) is 38.5 Å². The number of rotatable bonds is 6. The molecule has 0 spiro atoms. The number of benzene rings is 2. The van der Waals surface area contributed by atoms with E-state index in [1.165, 1.54) is 41.5 Å². The molecule has 4 heteroatoms. The van der Waals surface area contributed by atoms with Crippen LogP contribution >= 0.6 is 15.9 Å². The van der Waals surface area contributed by atoms with Crippen LogP contribution in [0, 0.1) is 5.92 Å². The Hall–Kier alpha value is -1.52. The molecule has 134 valence electrons. The minimum atomic E-state index is 0.757. The summed E-state index contributed by atoms with van der Waals surface area (Å²) in [7, 11) is 1.73. The van der Waals surface area contributed by atoms with E-state index in [0.717, 1.165) is 36.7 Å².